The molecule has 5 aromatic rings. The molecule has 1 aromatic heterocycles. The van der Waals surface area contributed by atoms with Crippen molar-refractivity contribution in [1.82, 2.24) is 4.98 Å². The van der Waals surface area contributed by atoms with E-state index in [1.54, 1.807) is 48.5 Å². The third-order valence-electron chi connectivity index (χ3n) is 7.98. The second-order valence-electron chi connectivity index (χ2n) is 11.1. The number of carbonyl (C=O) groups is 2. The average Bonchev–Trinajstić information content (AvgIpc) is 3.72. The highest BCUT2D eigenvalue weighted by atomic mass is 35.5. The molecule has 2 aliphatic rings. The van der Waals surface area contributed by atoms with E-state index in [2.05, 4.69) is 0 Å². The Morgan fingerprint density at radius 1 is 1.02 bits per heavy atom. The molecule has 10 heteroatoms. The second-order valence-corrected chi connectivity index (χ2v) is 12.6. The van der Waals surface area contributed by atoms with Gasteiger partial charge in [-0.05, 0) is 79.1 Å². The van der Waals surface area contributed by atoms with Crippen LogP contribution in [-0.2, 0) is 22.6 Å². The number of benzene rings is 4. The van der Waals surface area contributed by atoms with Gasteiger partial charge in [0, 0.05) is 17.0 Å². The molecular formula is C36H29ClN2O6S. The van der Waals surface area contributed by atoms with Gasteiger partial charge in [0.15, 0.2) is 16.6 Å². The van der Waals surface area contributed by atoms with Crippen LogP contribution in [0.3, 0.4) is 0 Å². The van der Waals surface area contributed by atoms with Gasteiger partial charge < -0.3 is 19.3 Å². The summed E-state index contributed by atoms with van der Waals surface area (Å²) in [5.41, 5.74) is 3.47. The number of nitrogens with zero attached hydrogens (tertiary/aromatic N) is 2. The number of aliphatic hydroxyl groups excluding tert-OH is 1. The van der Waals surface area contributed by atoms with Crippen LogP contribution in [0, 0.1) is 0 Å². The number of aliphatic hydroxyl groups is 1. The van der Waals surface area contributed by atoms with Crippen molar-refractivity contribution < 1.29 is 28.9 Å². The Kier molecular flexibility index (Phi) is 7.88. The Hall–Kier alpha value is -4.86. The van der Waals surface area contributed by atoms with Gasteiger partial charge in [-0.25, -0.2) is 4.98 Å². The summed E-state index contributed by atoms with van der Waals surface area (Å²) in [7, 11) is 0. The van der Waals surface area contributed by atoms with E-state index < -0.39 is 17.7 Å². The normalized spacial score (nSPS) is 18.5. The molecule has 3 heterocycles. The van der Waals surface area contributed by atoms with Gasteiger partial charge in [-0.3, -0.25) is 14.5 Å². The van der Waals surface area contributed by atoms with Crippen LogP contribution in [0.2, 0.25) is 5.02 Å². The van der Waals surface area contributed by atoms with Gasteiger partial charge in [-0.15, -0.1) is 0 Å². The van der Waals surface area contributed by atoms with Crippen LogP contribution in [0.25, 0.3) is 16.0 Å². The van der Waals surface area contributed by atoms with Crippen molar-refractivity contribution in [2.75, 3.05) is 11.5 Å². The molecule has 2 atom stereocenters. The van der Waals surface area contributed by atoms with Crippen molar-refractivity contribution in [3.8, 4) is 17.2 Å². The number of ether oxygens (including phenoxy) is 3. The average molecular weight is 653 g/mol. The first-order valence-corrected chi connectivity index (χ1v) is 16.1. The molecule has 7 rings (SSSR count). The van der Waals surface area contributed by atoms with Crippen LogP contribution in [0.5, 0.6) is 17.2 Å². The molecule has 1 amide bonds. The maximum absolute atomic E-state index is 13.8. The van der Waals surface area contributed by atoms with Crippen LogP contribution in [0.4, 0.5) is 5.13 Å². The fourth-order valence-electron chi connectivity index (χ4n) is 5.88. The lowest BCUT2D eigenvalue weighted by molar-refractivity contribution is -0.132. The lowest BCUT2D eigenvalue weighted by Crippen LogP contribution is -2.29. The highest BCUT2D eigenvalue weighted by Gasteiger charge is 2.48. The molecule has 4 aromatic carbocycles. The molecule has 46 heavy (non-hydrogen) atoms. The zero-order valence-corrected chi connectivity index (χ0v) is 26.6. The smallest absolute Gasteiger partial charge is 0.301 e. The molecule has 0 saturated carbocycles. The third-order valence-corrected chi connectivity index (χ3v) is 9.23. The standard InChI is InChI=1S/C36H29ClN2O6S/c1-3-43-29-17-22(9-14-28(29)44-19-21-7-5-4-6-8-21)32-31(33(40)23-10-13-27-24(16-23)15-20(2)45-27)34(41)35(42)39(32)36-38-26-12-11-25(37)18-30(26)46-36/h4-14,16-18,20,32,40H,3,15,19H2,1-2H3/t20-,32+/m1/s1. The number of carbonyl (C=O) groups excluding carboxylic acids is 2. The quantitative estimate of drug-likeness (QED) is 0.103. The highest BCUT2D eigenvalue weighted by molar-refractivity contribution is 7.22. The Balaban J connectivity index is 1.36. The summed E-state index contributed by atoms with van der Waals surface area (Å²) in [6.45, 7) is 4.52. The number of rotatable bonds is 8. The van der Waals surface area contributed by atoms with E-state index in [0.717, 1.165) is 21.6 Å². The number of fused-ring (bicyclic) bond motifs is 2. The monoisotopic (exact) mass is 652 g/mol. The number of halogens is 1. The summed E-state index contributed by atoms with van der Waals surface area (Å²) in [5, 5.41) is 12.6. The van der Waals surface area contributed by atoms with Crippen LogP contribution in [0.1, 0.15) is 42.1 Å². The van der Waals surface area contributed by atoms with Crippen molar-refractivity contribution >= 4 is 55.7 Å². The number of Topliss-reactive ketones (excluding diaryl/α,β-unsaturated/α-hetero) is 1. The number of amides is 1. The van der Waals surface area contributed by atoms with Gasteiger partial charge in [0.2, 0.25) is 0 Å². The number of hydrogen-bond acceptors (Lipinski definition) is 8. The number of aromatic nitrogens is 1. The molecule has 0 radical (unpaired) electrons. The van der Waals surface area contributed by atoms with Gasteiger partial charge in [0.05, 0.1) is 28.4 Å². The summed E-state index contributed by atoms with van der Waals surface area (Å²) in [6, 6.07) is 24.6. The Labute approximate surface area is 274 Å². The van der Waals surface area contributed by atoms with E-state index in [0.29, 0.717) is 57.9 Å². The first-order chi connectivity index (χ1) is 22.3. The fourth-order valence-corrected chi connectivity index (χ4v) is 7.15. The fraction of sp³-hybridized carbons (Fsp3) is 0.194. The van der Waals surface area contributed by atoms with E-state index in [4.69, 9.17) is 30.8 Å². The van der Waals surface area contributed by atoms with Gasteiger partial charge in [-0.2, -0.15) is 0 Å². The SMILES string of the molecule is CCOc1cc([C@H]2C(=C(O)c3ccc4c(c3)C[C@@H](C)O4)C(=O)C(=O)N2c2nc3ccc(Cl)cc3s2)ccc1OCc1ccccc1. The molecule has 0 bridgehead atoms. The zero-order valence-electron chi connectivity index (χ0n) is 25.0. The third kappa shape index (κ3) is 5.46. The van der Waals surface area contributed by atoms with Crippen LogP contribution < -0.4 is 19.1 Å². The topological polar surface area (TPSA) is 98.2 Å². The van der Waals surface area contributed by atoms with Crippen LogP contribution >= 0.6 is 22.9 Å². The Bertz CT molecular complexity index is 2020. The van der Waals surface area contributed by atoms with E-state index in [-0.39, 0.29) is 17.4 Å². The summed E-state index contributed by atoms with van der Waals surface area (Å²) in [4.78, 5) is 33.7. The zero-order chi connectivity index (χ0) is 31.9. The van der Waals surface area contributed by atoms with Crippen molar-refractivity contribution in [3.63, 3.8) is 0 Å². The van der Waals surface area contributed by atoms with E-state index in [1.165, 1.54) is 16.2 Å². The molecule has 0 unspecified atom stereocenters. The maximum Gasteiger partial charge on any atom is 0.301 e. The molecule has 1 fully saturated rings. The molecule has 0 aliphatic carbocycles. The minimum atomic E-state index is -0.998. The lowest BCUT2D eigenvalue weighted by Gasteiger charge is -2.24. The highest BCUT2D eigenvalue weighted by Crippen LogP contribution is 2.46. The summed E-state index contributed by atoms with van der Waals surface area (Å²) < 4.78 is 18.7. The molecule has 1 saturated heterocycles. The molecule has 2 aliphatic heterocycles. The number of ketones is 1. The lowest BCUT2D eigenvalue weighted by atomic mass is 9.94. The van der Waals surface area contributed by atoms with Gasteiger partial charge >= 0.3 is 5.91 Å². The van der Waals surface area contributed by atoms with E-state index >= 15 is 0 Å². The predicted molar refractivity (Wildman–Crippen MR) is 178 cm³/mol. The predicted octanol–water partition coefficient (Wildman–Crippen LogP) is 7.88. The van der Waals surface area contributed by atoms with E-state index in [9.17, 15) is 14.7 Å². The van der Waals surface area contributed by atoms with Crippen molar-refractivity contribution in [2.24, 2.45) is 0 Å². The number of thiazole rings is 1. The number of anilines is 1. The second kappa shape index (κ2) is 12.2. The van der Waals surface area contributed by atoms with Gasteiger partial charge in [0.1, 0.15) is 24.2 Å². The minimum Gasteiger partial charge on any atom is -0.507 e. The van der Waals surface area contributed by atoms with Crippen molar-refractivity contribution in [1.29, 1.82) is 0 Å². The summed E-state index contributed by atoms with van der Waals surface area (Å²) >= 11 is 7.48. The molecule has 1 N–H and O–H groups in total. The minimum absolute atomic E-state index is 0.00475. The van der Waals surface area contributed by atoms with E-state index in [1.807, 2.05) is 50.2 Å². The molecular weight excluding hydrogens is 624 g/mol. The summed E-state index contributed by atoms with van der Waals surface area (Å²) in [5.74, 6) is -0.194. The van der Waals surface area contributed by atoms with Crippen LogP contribution in [-0.4, -0.2) is 34.5 Å². The summed E-state index contributed by atoms with van der Waals surface area (Å²) in [6.07, 6.45) is 0.676. The van der Waals surface area contributed by atoms with Crippen LogP contribution in [0.15, 0.2) is 90.5 Å². The Morgan fingerprint density at radius 2 is 1.85 bits per heavy atom. The van der Waals surface area contributed by atoms with Gasteiger partial charge in [0.25, 0.3) is 5.78 Å². The first-order valence-electron chi connectivity index (χ1n) is 14.9. The van der Waals surface area contributed by atoms with Crippen molar-refractivity contribution in [2.45, 2.75) is 39.0 Å². The van der Waals surface area contributed by atoms with Crippen molar-refractivity contribution in [3.05, 3.63) is 118 Å². The maximum atomic E-state index is 13.8. The largest absolute Gasteiger partial charge is 0.507 e. The first kappa shape index (κ1) is 29.8. The van der Waals surface area contributed by atoms with Gasteiger partial charge in [-0.1, -0.05) is 59.3 Å². The molecule has 8 nitrogen and oxygen atoms in total. The Morgan fingerprint density at radius 3 is 2.65 bits per heavy atom. The number of hydrogen-bond donors (Lipinski definition) is 1. The molecule has 0 spiro atoms. The molecule has 232 valence electrons.